The third-order valence-corrected chi connectivity index (χ3v) is 4.31. The minimum absolute atomic E-state index is 0.0322. The number of rotatable bonds is 4. The Morgan fingerprint density at radius 3 is 2.91 bits per heavy atom. The van der Waals surface area contributed by atoms with Crippen molar-refractivity contribution in [2.75, 3.05) is 26.4 Å². The van der Waals surface area contributed by atoms with Gasteiger partial charge in [0.2, 0.25) is 0 Å². The monoisotopic (exact) mass is 321 g/mol. The number of halogens is 1. The molecule has 3 rings (SSSR count). The summed E-state index contributed by atoms with van der Waals surface area (Å²) in [5.74, 6) is -0.0665. The third-order valence-electron chi connectivity index (χ3n) is 4.19. The van der Waals surface area contributed by atoms with Gasteiger partial charge in [-0.05, 0) is 24.0 Å². The van der Waals surface area contributed by atoms with Gasteiger partial charge in [-0.25, -0.2) is 0 Å². The number of benzene rings is 1. The number of hydrogen-bond acceptors (Lipinski definition) is 3. The van der Waals surface area contributed by atoms with Crippen LogP contribution in [-0.2, 0) is 20.7 Å². The van der Waals surface area contributed by atoms with Crippen molar-refractivity contribution in [2.45, 2.75) is 25.0 Å². The van der Waals surface area contributed by atoms with Crippen LogP contribution in [0.5, 0.6) is 0 Å². The first kappa shape index (κ1) is 15.5. The molecule has 0 saturated carbocycles. The Kier molecular flexibility index (Phi) is 4.81. The highest BCUT2D eigenvalue weighted by atomic mass is 35.5. The summed E-state index contributed by atoms with van der Waals surface area (Å²) in [6.07, 6.45) is 1.34. The van der Waals surface area contributed by atoms with E-state index in [9.17, 15) is 4.79 Å². The summed E-state index contributed by atoms with van der Waals surface area (Å²) in [6, 6.07) is 8.28. The van der Waals surface area contributed by atoms with Crippen LogP contribution in [0.2, 0.25) is 0 Å². The van der Waals surface area contributed by atoms with Crippen LogP contribution in [0.15, 0.2) is 35.9 Å². The van der Waals surface area contributed by atoms with Gasteiger partial charge in [0, 0.05) is 5.03 Å². The van der Waals surface area contributed by atoms with E-state index in [0.29, 0.717) is 31.4 Å². The molecule has 0 bridgehead atoms. The molecule has 118 valence electrons. The average molecular weight is 322 g/mol. The zero-order chi connectivity index (χ0) is 15.5. The highest BCUT2D eigenvalue weighted by Gasteiger charge is 2.35. The minimum atomic E-state index is -0.544. The molecule has 1 aromatic rings. The lowest BCUT2D eigenvalue weighted by Gasteiger charge is -2.33. The van der Waals surface area contributed by atoms with Crippen molar-refractivity contribution in [2.24, 2.45) is 0 Å². The number of ether oxygens (including phenoxy) is 2. The molecule has 22 heavy (non-hydrogen) atoms. The number of hydrogen-bond donors (Lipinski definition) is 0. The van der Waals surface area contributed by atoms with Crippen molar-refractivity contribution in [1.82, 2.24) is 4.90 Å². The normalized spacial score (nSPS) is 23.9. The fourth-order valence-corrected chi connectivity index (χ4v) is 3.33. The topological polar surface area (TPSA) is 38.8 Å². The van der Waals surface area contributed by atoms with Gasteiger partial charge in [-0.15, -0.1) is 0 Å². The van der Waals surface area contributed by atoms with Crippen LogP contribution in [-0.4, -0.2) is 43.3 Å². The van der Waals surface area contributed by atoms with Crippen LogP contribution in [0.25, 0.3) is 0 Å². The first-order chi connectivity index (χ1) is 10.7. The van der Waals surface area contributed by atoms with Crippen LogP contribution in [0.3, 0.4) is 0 Å². The second kappa shape index (κ2) is 6.82. The molecule has 4 nitrogen and oxygen atoms in total. The Labute approximate surface area is 135 Å². The Hall–Kier alpha value is -1.36. The van der Waals surface area contributed by atoms with Crippen LogP contribution in [0.4, 0.5) is 0 Å². The van der Waals surface area contributed by atoms with E-state index in [2.05, 4.69) is 18.7 Å². The molecule has 5 heteroatoms. The number of aryl methyl sites for hydroxylation is 1. The van der Waals surface area contributed by atoms with Gasteiger partial charge in [0.15, 0.2) is 6.10 Å². The standard InChI is InChI=1S/C17H20ClNO3/c1-12(18)10-19(17(20)16-11-21-8-9-22-16)15-7-6-13-4-2-3-5-14(13)15/h2-5,15-16H,1,6-11H2/t15-,16+/m0/s1. The summed E-state index contributed by atoms with van der Waals surface area (Å²) in [6.45, 7) is 5.38. The number of fused-ring (bicyclic) bond motifs is 1. The molecular formula is C17H20ClNO3. The first-order valence-electron chi connectivity index (χ1n) is 7.57. The molecule has 0 radical (unpaired) electrons. The summed E-state index contributed by atoms with van der Waals surface area (Å²) in [5, 5.41) is 0.453. The lowest BCUT2D eigenvalue weighted by Crippen LogP contribution is -2.46. The predicted molar refractivity (Wildman–Crippen MR) is 84.8 cm³/mol. The Morgan fingerprint density at radius 1 is 1.36 bits per heavy atom. The van der Waals surface area contributed by atoms with Crippen molar-refractivity contribution in [1.29, 1.82) is 0 Å². The largest absolute Gasteiger partial charge is 0.376 e. The Balaban J connectivity index is 1.84. The fourth-order valence-electron chi connectivity index (χ4n) is 3.20. The lowest BCUT2D eigenvalue weighted by molar-refractivity contribution is -0.159. The first-order valence-corrected chi connectivity index (χ1v) is 7.95. The molecule has 1 aliphatic heterocycles. The quantitative estimate of drug-likeness (QED) is 0.856. The van der Waals surface area contributed by atoms with Gasteiger partial charge < -0.3 is 14.4 Å². The molecular weight excluding hydrogens is 302 g/mol. The maximum atomic E-state index is 12.9. The lowest BCUT2D eigenvalue weighted by atomic mass is 10.1. The van der Waals surface area contributed by atoms with Crippen molar-refractivity contribution in [3.05, 3.63) is 47.0 Å². The third kappa shape index (κ3) is 3.19. The van der Waals surface area contributed by atoms with E-state index in [1.165, 1.54) is 11.1 Å². The van der Waals surface area contributed by atoms with Crippen LogP contribution in [0, 0.1) is 0 Å². The van der Waals surface area contributed by atoms with Crippen LogP contribution in [0.1, 0.15) is 23.6 Å². The summed E-state index contributed by atoms with van der Waals surface area (Å²) in [7, 11) is 0. The minimum Gasteiger partial charge on any atom is -0.376 e. The van der Waals surface area contributed by atoms with E-state index in [4.69, 9.17) is 21.1 Å². The summed E-state index contributed by atoms with van der Waals surface area (Å²) >= 11 is 6.00. The fraction of sp³-hybridized carbons (Fsp3) is 0.471. The maximum Gasteiger partial charge on any atom is 0.254 e. The van der Waals surface area contributed by atoms with E-state index in [-0.39, 0.29) is 11.9 Å². The molecule has 1 saturated heterocycles. The molecule has 1 amide bonds. The van der Waals surface area contributed by atoms with Gasteiger partial charge in [-0.1, -0.05) is 42.4 Å². The van der Waals surface area contributed by atoms with Gasteiger partial charge in [0.05, 0.1) is 32.4 Å². The number of carbonyl (C=O) groups excluding carboxylic acids is 1. The SMILES string of the molecule is C=C(Cl)CN(C(=O)[C@H]1COCCO1)[C@H]1CCc2ccccc21. The molecule has 1 fully saturated rings. The molecule has 1 aliphatic carbocycles. The van der Waals surface area contributed by atoms with E-state index in [0.717, 1.165) is 12.8 Å². The van der Waals surface area contributed by atoms with Crippen LogP contribution < -0.4 is 0 Å². The second-order valence-corrected chi connectivity index (χ2v) is 6.21. The molecule has 0 N–H and O–H groups in total. The summed E-state index contributed by atoms with van der Waals surface area (Å²) in [4.78, 5) is 14.6. The van der Waals surface area contributed by atoms with E-state index in [1.807, 2.05) is 12.1 Å². The number of carbonyl (C=O) groups is 1. The van der Waals surface area contributed by atoms with E-state index >= 15 is 0 Å². The van der Waals surface area contributed by atoms with Gasteiger partial charge >= 0.3 is 0 Å². The molecule has 1 heterocycles. The number of nitrogens with zero attached hydrogens (tertiary/aromatic N) is 1. The van der Waals surface area contributed by atoms with Crippen molar-refractivity contribution in [3.8, 4) is 0 Å². The zero-order valence-electron chi connectivity index (χ0n) is 12.5. The van der Waals surface area contributed by atoms with Gasteiger partial charge in [-0.2, -0.15) is 0 Å². The molecule has 0 unspecified atom stereocenters. The smallest absolute Gasteiger partial charge is 0.254 e. The zero-order valence-corrected chi connectivity index (χ0v) is 13.2. The Bertz CT molecular complexity index is 569. The maximum absolute atomic E-state index is 12.9. The van der Waals surface area contributed by atoms with Gasteiger partial charge in [-0.3, -0.25) is 4.79 Å². The van der Waals surface area contributed by atoms with Crippen molar-refractivity contribution in [3.63, 3.8) is 0 Å². The molecule has 0 aromatic heterocycles. The molecule has 1 aromatic carbocycles. The average Bonchev–Trinajstić information content (AvgIpc) is 2.96. The Morgan fingerprint density at radius 2 is 2.18 bits per heavy atom. The highest BCUT2D eigenvalue weighted by Crippen LogP contribution is 2.36. The summed E-state index contributed by atoms with van der Waals surface area (Å²) in [5.41, 5.74) is 2.50. The van der Waals surface area contributed by atoms with E-state index in [1.54, 1.807) is 4.90 Å². The molecule has 2 atom stereocenters. The predicted octanol–water partition coefficient (Wildman–Crippen LogP) is 2.67. The highest BCUT2D eigenvalue weighted by molar-refractivity contribution is 6.29. The number of amides is 1. The van der Waals surface area contributed by atoms with Gasteiger partial charge in [0.1, 0.15) is 0 Å². The molecule has 2 aliphatic rings. The van der Waals surface area contributed by atoms with Crippen molar-refractivity contribution < 1.29 is 14.3 Å². The van der Waals surface area contributed by atoms with E-state index < -0.39 is 6.10 Å². The second-order valence-electron chi connectivity index (χ2n) is 5.67. The molecule has 0 spiro atoms. The van der Waals surface area contributed by atoms with Crippen molar-refractivity contribution >= 4 is 17.5 Å². The van der Waals surface area contributed by atoms with Crippen LogP contribution >= 0.6 is 11.6 Å². The summed E-state index contributed by atoms with van der Waals surface area (Å²) < 4.78 is 10.9. The van der Waals surface area contributed by atoms with Gasteiger partial charge in [0.25, 0.3) is 5.91 Å².